The fraction of sp³-hybridized carbons (Fsp3) is 0.333. The van der Waals surface area contributed by atoms with Gasteiger partial charge in [0.15, 0.2) is 5.11 Å². The van der Waals surface area contributed by atoms with Gasteiger partial charge in [-0.15, -0.1) is 0 Å². The Labute approximate surface area is 124 Å². The van der Waals surface area contributed by atoms with Crippen molar-refractivity contribution in [3.8, 4) is 0 Å². The quantitative estimate of drug-likeness (QED) is 0.858. The van der Waals surface area contributed by atoms with Gasteiger partial charge in [0.05, 0.1) is 6.04 Å². The van der Waals surface area contributed by atoms with E-state index in [4.69, 9.17) is 12.2 Å². The monoisotopic (exact) mass is 286 g/mol. The molecule has 4 nitrogen and oxygen atoms in total. The van der Waals surface area contributed by atoms with Gasteiger partial charge in [0.25, 0.3) is 0 Å². The molecule has 1 aliphatic rings. The lowest BCUT2D eigenvalue weighted by molar-refractivity contribution is 0.286. The second-order valence-corrected chi connectivity index (χ2v) is 5.23. The van der Waals surface area contributed by atoms with Crippen molar-refractivity contribution in [1.82, 2.24) is 19.8 Å². The van der Waals surface area contributed by atoms with E-state index in [-0.39, 0.29) is 6.04 Å². The third kappa shape index (κ3) is 2.29. The molecule has 2 aromatic heterocycles. The van der Waals surface area contributed by atoms with Crippen LogP contribution in [-0.2, 0) is 6.54 Å². The van der Waals surface area contributed by atoms with Crippen LogP contribution in [0.25, 0.3) is 0 Å². The molecule has 2 aromatic rings. The van der Waals surface area contributed by atoms with Gasteiger partial charge in [-0.2, -0.15) is 0 Å². The van der Waals surface area contributed by atoms with Crippen LogP contribution >= 0.6 is 12.2 Å². The summed E-state index contributed by atoms with van der Waals surface area (Å²) in [5.41, 5.74) is 2.50. The van der Waals surface area contributed by atoms with Gasteiger partial charge < -0.3 is 14.8 Å². The Hall–Kier alpha value is -1.88. The summed E-state index contributed by atoms with van der Waals surface area (Å²) in [5.74, 6) is 0. The zero-order valence-corrected chi connectivity index (χ0v) is 12.3. The van der Waals surface area contributed by atoms with Crippen LogP contribution in [0.2, 0.25) is 0 Å². The van der Waals surface area contributed by atoms with Crippen molar-refractivity contribution in [3.05, 3.63) is 54.1 Å². The summed E-state index contributed by atoms with van der Waals surface area (Å²) < 4.78 is 2.30. The number of thiocarbonyl (C=S) groups is 1. The van der Waals surface area contributed by atoms with Crippen LogP contribution in [0.15, 0.2) is 42.9 Å². The number of fused-ring (bicyclic) bond motifs is 1. The van der Waals surface area contributed by atoms with Crippen LogP contribution in [0.3, 0.4) is 0 Å². The molecule has 3 rings (SSSR count). The van der Waals surface area contributed by atoms with Crippen LogP contribution in [0.4, 0.5) is 0 Å². The Morgan fingerprint density at radius 2 is 2.15 bits per heavy atom. The first-order valence-electron chi connectivity index (χ1n) is 6.90. The van der Waals surface area contributed by atoms with E-state index in [1.807, 2.05) is 12.4 Å². The highest BCUT2D eigenvalue weighted by Crippen LogP contribution is 2.31. The van der Waals surface area contributed by atoms with Gasteiger partial charge in [-0.3, -0.25) is 4.98 Å². The van der Waals surface area contributed by atoms with E-state index in [9.17, 15) is 0 Å². The van der Waals surface area contributed by atoms with Crippen LogP contribution in [-0.4, -0.2) is 32.7 Å². The van der Waals surface area contributed by atoms with E-state index in [0.29, 0.717) is 0 Å². The van der Waals surface area contributed by atoms with Gasteiger partial charge >= 0.3 is 0 Å². The fourth-order valence-corrected chi connectivity index (χ4v) is 3.09. The van der Waals surface area contributed by atoms with Gasteiger partial charge in [-0.1, -0.05) is 0 Å². The van der Waals surface area contributed by atoms with E-state index in [0.717, 1.165) is 24.7 Å². The Kier molecular flexibility index (Phi) is 3.69. The molecule has 0 saturated carbocycles. The summed E-state index contributed by atoms with van der Waals surface area (Å²) in [7, 11) is 0. The van der Waals surface area contributed by atoms with Gasteiger partial charge in [0.2, 0.25) is 0 Å². The lowest BCUT2D eigenvalue weighted by Crippen LogP contribution is -2.47. The van der Waals surface area contributed by atoms with Crippen molar-refractivity contribution in [2.24, 2.45) is 0 Å². The number of aromatic nitrogens is 2. The molecule has 20 heavy (non-hydrogen) atoms. The average molecular weight is 286 g/mol. The second kappa shape index (κ2) is 5.63. The predicted octanol–water partition coefficient (Wildman–Crippen LogP) is 2.18. The molecular formula is C15H18N4S. The molecule has 0 fully saturated rings. The molecule has 0 bridgehead atoms. The van der Waals surface area contributed by atoms with Crippen LogP contribution < -0.4 is 5.32 Å². The van der Waals surface area contributed by atoms with E-state index in [1.54, 1.807) is 0 Å². The van der Waals surface area contributed by atoms with Crippen LogP contribution in [0.5, 0.6) is 0 Å². The molecule has 0 amide bonds. The van der Waals surface area contributed by atoms with Crippen molar-refractivity contribution >= 4 is 17.3 Å². The minimum atomic E-state index is 0.160. The lowest BCUT2D eigenvalue weighted by Gasteiger charge is -2.39. The maximum absolute atomic E-state index is 5.54. The minimum Gasteiger partial charge on any atom is -0.363 e. The molecule has 0 spiro atoms. The standard InChI is InChI=1S/C15H18N4S/c1-2-17-15(20)19-11-10-18-9-3-4-13(18)14(19)12-5-7-16-8-6-12/h3-9,14H,2,10-11H2,1H3,(H,17,20)/t14-/m1/s1. The molecule has 5 heteroatoms. The molecule has 1 N–H and O–H groups in total. The molecule has 0 saturated heterocycles. The number of nitrogens with zero attached hydrogens (tertiary/aromatic N) is 3. The summed E-state index contributed by atoms with van der Waals surface area (Å²) in [5, 5.41) is 4.09. The third-order valence-corrected chi connectivity index (χ3v) is 4.03. The maximum Gasteiger partial charge on any atom is 0.169 e. The first kappa shape index (κ1) is 13.1. The van der Waals surface area contributed by atoms with Gasteiger partial charge in [0.1, 0.15) is 0 Å². The second-order valence-electron chi connectivity index (χ2n) is 4.84. The normalized spacial score (nSPS) is 17.6. The minimum absolute atomic E-state index is 0.160. The first-order chi connectivity index (χ1) is 9.81. The highest BCUT2D eigenvalue weighted by molar-refractivity contribution is 7.80. The average Bonchev–Trinajstić information content (AvgIpc) is 2.95. The highest BCUT2D eigenvalue weighted by Gasteiger charge is 2.30. The largest absolute Gasteiger partial charge is 0.363 e. The Morgan fingerprint density at radius 1 is 1.35 bits per heavy atom. The molecule has 1 atom stereocenters. The first-order valence-corrected chi connectivity index (χ1v) is 7.31. The van der Waals surface area contributed by atoms with E-state index in [2.05, 4.69) is 57.2 Å². The third-order valence-electron chi connectivity index (χ3n) is 3.65. The number of pyridine rings is 1. The SMILES string of the molecule is CCNC(=S)N1CCn2cccc2[C@H]1c1ccncc1. The van der Waals surface area contributed by atoms with E-state index < -0.39 is 0 Å². The summed E-state index contributed by atoms with van der Waals surface area (Å²) >= 11 is 5.54. The molecule has 0 aromatic carbocycles. The Balaban J connectivity index is 2.01. The van der Waals surface area contributed by atoms with Gasteiger partial charge in [0, 0.05) is 43.9 Å². The highest BCUT2D eigenvalue weighted by atomic mass is 32.1. The maximum atomic E-state index is 5.54. The number of hydrogen-bond donors (Lipinski definition) is 1. The Bertz CT molecular complexity index is 593. The van der Waals surface area contributed by atoms with Crippen molar-refractivity contribution in [1.29, 1.82) is 0 Å². The van der Waals surface area contributed by atoms with Crippen molar-refractivity contribution in [2.75, 3.05) is 13.1 Å². The lowest BCUT2D eigenvalue weighted by atomic mass is 10.0. The molecule has 0 aliphatic carbocycles. The topological polar surface area (TPSA) is 33.1 Å². The molecular weight excluding hydrogens is 268 g/mol. The molecule has 0 unspecified atom stereocenters. The zero-order chi connectivity index (χ0) is 13.9. The smallest absolute Gasteiger partial charge is 0.169 e. The molecule has 0 radical (unpaired) electrons. The zero-order valence-electron chi connectivity index (χ0n) is 11.5. The Morgan fingerprint density at radius 3 is 2.90 bits per heavy atom. The van der Waals surface area contributed by atoms with E-state index in [1.165, 1.54) is 11.3 Å². The predicted molar refractivity (Wildman–Crippen MR) is 83.5 cm³/mol. The summed E-state index contributed by atoms with van der Waals surface area (Å²) in [4.78, 5) is 6.38. The molecule has 3 heterocycles. The van der Waals surface area contributed by atoms with Crippen molar-refractivity contribution < 1.29 is 0 Å². The summed E-state index contributed by atoms with van der Waals surface area (Å²) in [6.45, 7) is 4.80. The molecule has 104 valence electrons. The number of hydrogen-bond acceptors (Lipinski definition) is 2. The van der Waals surface area contributed by atoms with Crippen LogP contribution in [0, 0.1) is 0 Å². The van der Waals surface area contributed by atoms with Crippen LogP contribution in [0.1, 0.15) is 24.2 Å². The van der Waals surface area contributed by atoms with E-state index >= 15 is 0 Å². The fourth-order valence-electron chi connectivity index (χ4n) is 2.75. The summed E-state index contributed by atoms with van der Waals surface area (Å²) in [6, 6.07) is 8.56. The van der Waals surface area contributed by atoms with Gasteiger partial charge in [-0.05, 0) is 49.0 Å². The van der Waals surface area contributed by atoms with Gasteiger partial charge in [-0.25, -0.2) is 0 Å². The van der Waals surface area contributed by atoms with Crippen molar-refractivity contribution in [3.63, 3.8) is 0 Å². The summed E-state index contributed by atoms with van der Waals surface area (Å²) in [6.07, 6.45) is 5.81. The van der Waals surface area contributed by atoms with Crippen molar-refractivity contribution in [2.45, 2.75) is 19.5 Å². The number of nitrogens with one attached hydrogen (secondary N) is 1. The number of rotatable bonds is 2. The molecule has 1 aliphatic heterocycles.